The van der Waals surface area contributed by atoms with Crippen LogP contribution < -0.4 is 15.4 Å². The molecule has 7 nitrogen and oxygen atoms in total. The third kappa shape index (κ3) is 7.97. The van der Waals surface area contributed by atoms with Crippen LogP contribution in [0.5, 0.6) is 5.75 Å². The summed E-state index contributed by atoms with van der Waals surface area (Å²) in [6.07, 6.45) is 3.20. The molecule has 0 aliphatic heterocycles. The van der Waals surface area contributed by atoms with Gasteiger partial charge in [-0.3, -0.25) is 14.4 Å². The molecular formula is C24H29N3O4. The summed E-state index contributed by atoms with van der Waals surface area (Å²) in [4.78, 5) is 37.7. The SMILES string of the molecule is COc1ccc(/C=C/C(=O)NCCC(=O)N(C)CC(=O)Nc2cc(C)ccc2C)cc1. The standard InChI is InChI=1S/C24H29N3O4/c1-17-5-6-18(2)21(15-17)26-23(29)16-27(3)24(30)13-14-25-22(28)12-9-19-7-10-20(31-4)11-8-19/h5-12,15H,13-14,16H2,1-4H3,(H,25,28)(H,26,29)/b12-9+. The molecule has 0 fully saturated rings. The van der Waals surface area contributed by atoms with Gasteiger partial charge in [-0.05, 0) is 54.8 Å². The average molecular weight is 424 g/mol. The molecule has 164 valence electrons. The molecule has 2 N–H and O–H groups in total. The van der Waals surface area contributed by atoms with E-state index in [1.165, 1.54) is 11.0 Å². The van der Waals surface area contributed by atoms with Crippen molar-refractivity contribution < 1.29 is 19.1 Å². The van der Waals surface area contributed by atoms with E-state index in [1.54, 1.807) is 20.2 Å². The molecule has 0 heterocycles. The van der Waals surface area contributed by atoms with Gasteiger partial charge in [0.25, 0.3) is 0 Å². The van der Waals surface area contributed by atoms with E-state index < -0.39 is 0 Å². The number of methoxy groups -OCH3 is 1. The van der Waals surface area contributed by atoms with Crippen molar-refractivity contribution in [3.8, 4) is 5.75 Å². The molecule has 0 unspecified atom stereocenters. The number of rotatable bonds is 9. The Bertz CT molecular complexity index is 952. The number of carbonyl (C=O) groups is 3. The lowest BCUT2D eigenvalue weighted by molar-refractivity contribution is -0.133. The molecule has 3 amide bonds. The summed E-state index contributed by atoms with van der Waals surface area (Å²) in [5.41, 5.74) is 3.60. The van der Waals surface area contributed by atoms with Crippen molar-refractivity contribution in [1.29, 1.82) is 0 Å². The van der Waals surface area contributed by atoms with Crippen LogP contribution in [0.1, 0.15) is 23.1 Å². The number of amides is 3. The fourth-order valence-electron chi connectivity index (χ4n) is 2.79. The van der Waals surface area contributed by atoms with Gasteiger partial charge in [-0.1, -0.05) is 24.3 Å². The quantitative estimate of drug-likeness (QED) is 0.607. The number of anilines is 1. The number of aryl methyl sites for hydroxylation is 2. The number of hydrogen-bond acceptors (Lipinski definition) is 4. The van der Waals surface area contributed by atoms with Crippen molar-refractivity contribution in [2.24, 2.45) is 0 Å². The van der Waals surface area contributed by atoms with E-state index in [2.05, 4.69) is 10.6 Å². The first-order valence-electron chi connectivity index (χ1n) is 9.99. The summed E-state index contributed by atoms with van der Waals surface area (Å²) in [7, 11) is 3.16. The second kappa shape index (κ2) is 11.5. The molecule has 0 saturated carbocycles. The molecule has 0 aromatic heterocycles. The van der Waals surface area contributed by atoms with E-state index in [4.69, 9.17) is 4.74 Å². The van der Waals surface area contributed by atoms with Gasteiger partial charge in [-0.2, -0.15) is 0 Å². The van der Waals surface area contributed by atoms with Gasteiger partial charge in [0.05, 0.1) is 13.7 Å². The molecule has 0 aliphatic carbocycles. The molecule has 0 atom stereocenters. The van der Waals surface area contributed by atoms with Crippen LogP contribution in [0.2, 0.25) is 0 Å². The van der Waals surface area contributed by atoms with Crippen LogP contribution in [0.4, 0.5) is 5.69 Å². The number of hydrogen-bond donors (Lipinski definition) is 2. The summed E-state index contributed by atoms with van der Waals surface area (Å²) >= 11 is 0. The molecule has 2 aromatic carbocycles. The van der Waals surface area contributed by atoms with Crippen LogP contribution >= 0.6 is 0 Å². The van der Waals surface area contributed by atoms with Gasteiger partial charge in [0.15, 0.2) is 0 Å². The van der Waals surface area contributed by atoms with Crippen LogP contribution in [-0.2, 0) is 14.4 Å². The minimum Gasteiger partial charge on any atom is -0.497 e. The smallest absolute Gasteiger partial charge is 0.244 e. The second-order valence-corrected chi connectivity index (χ2v) is 7.26. The molecule has 0 spiro atoms. The first-order chi connectivity index (χ1) is 14.8. The predicted octanol–water partition coefficient (Wildman–Crippen LogP) is 2.93. The van der Waals surface area contributed by atoms with E-state index in [1.807, 2.05) is 56.3 Å². The highest BCUT2D eigenvalue weighted by Gasteiger charge is 2.14. The van der Waals surface area contributed by atoms with Crippen LogP contribution in [0.15, 0.2) is 48.5 Å². The van der Waals surface area contributed by atoms with E-state index in [9.17, 15) is 14.4 Å². The largest absolute Gasteiger partial charge is 0.497 e. The van der Waals surface area contributed by atoms with Crippen LogP contribution in [0.25, 0.3) is 6.08 Å². The lowest BCUT2D eigenvalue weighted by atomic mass is 10.1. The molecule has 2 aromatic rings. The Morgan fingerprint density at radius 2 is 1.77 bits per heavy atom. The van der Waals surface area contributed by atoms with E-state index in [0.717, 1.165) is 28.1 Å². The van der Waals surface area contributed by atoms with Crippen LogP contribution in [0.3, 0.4) is 0 Å². The molecule has 2 rings (SSSR count). The van der Waals surface area contributed by atoms with E-state index in [0.29, 0.717) is 0 Å². The lowest BCUT2D eigenvalue weighted by Gasteiger charge is -2.17. The number of ether oxygens (including phenoxy) is 1. The summed E-state index contributed by atoms with van der Waals surface area (Å²) in [6.45, 7) is 3.99. The Labute approximate surface area is 183 Å². The maximum Gasteiger partial charge on any atom is 0.244 e. The molecule has 0 aliphatic rings. The fraction of sp³-hybridized carbons (Fsp3) is 0.292. The number of nitrogens with zero attached hydrogens (tertiary/aromatic N) is 1. The third-order valence-corrected chi connectivity index (χ3v) is 4.65. The minimum absolute atomic E-state index is 0.0580. The Balaban J connectivity index is 1.73. The Morgan fingerprint density at radius 1 is 1.06 bits per heavy atom. The number of benzene rings is 2. The first-order valence-corrected chi connectivity index (χ1v) is 9.99. The summed E-state index contributed by atoms with van der Waals surface area (Å²) in [5, 5.41) is 5.50. The highest BCUT2D eigenvalue weighted by Crippen LogP contribution is 2.16. The van der Waals surface area contributed by atoms with Crippen molar-refractivity contribution in [3.05, 3.63) is 65.2 Å². The fourth-order valence-corrected chi connectivity index (χ4v) is 2.79. The van der Waals surface area contributed by atoms with Gasteiger partial charge in [0.1, 0.15) is 5.75 Å². The third-order valence-electron chi connectivity index (χ3n) is 4.65. The molecule has 0 saturated heterocycles. The zero-order chi connectivity index (χ0) is 22.8. The monoisotopic (exact) mass is 423 g/mol. The predicted molar refractivity (Wildman–Crippen MR) is 122 cm³/mol. The highest BCUT2D eigenvalue weighted by molar-refractivity contribution is 5.95. The number of nitrogens with one attached hydrogen (secondary N) is 2. The minimum atomic E-state index is -0.293. The van der Waals surface area contributed by atoms with E-state index >= 15 is 0 Å². The van der Waals surface area contributed by atoms with Gasteiger partial charge >= 0.3 is 0 Å². The maximum absolute atomic E-state index is 12.2. The van der Waals surface area contributed by atoms with Crippen LogP contribution in [0, 0.1) is 13.8 Å². The lowest BCUT2D eigenvalue weighted by Crippen LogP contribution is -2.36. The summed E-state index contributed by atoms with van der Waals surface area (Å²) in [5.74, 6) is -0.0440. The van der Waals surface area contributed by atoms with Crippen molar-refractivity contribution in [1.82, 2.24) is 10.2 Å². The zero-order valence-electron chi connectivity index (χ0n) is 18.4. The van der Waals surface area contributed by atoms with E-state index in [-0.39, 0.29) is 37.2 Å². The van der Waals surface area contributed by atoms with Gasteiger partial charge < -0.3 is 20.3 Å². The van der Waals surface area contributed by atoms with Crippen molar-refractivity contribution in [3.63, 3.8) is 0 Å². The van der Waals surface area contributed by atoms with Gasteiger partial charge in [-0.25, -0.2) is 0 Å². The molecule has 31 heavy (non-hydrogen) atoms. The highest BCUT2D eigenvalue weighted by atomic mass is 16.5. The van der Waals surface area contributed by atoms with Gasteiger partial charge in [0.2, 0.25) is 17.7 Å². The number of likely N-dealkylation sites (N-methyl/N-ethyl adjacent to an activating group) is 1. The Kier molecular flexibility index (Phi) is 8.81. The first kappa shape index (κ1) is 23.7. The molecule has 0 bridgehead atoms. The topological polar surface area (TPSA) is 87.7 Å². The van der Waals surface area contributed by atoms with Crippen molar-refractivity contribution >= 4 is 29.5 Å². The second-order valence-electron chi connectivity index (χ2n) is 7.26. The molecule has 0 radical (unpaired) electrons. The van der Waals surface area contributed by atoms with Gasteiger partial charge in [-0.15, -0.1) is 0 Å². The Morgan fingerprint density at radius 3 is 2.45 bits per heavy atom. The van der Waals surface area contributed by atoms with Crippen molar-refractivity contribution in [2.45, 2.75) is 20.3 Å². The number of carbonyl (C=O) groups excluding carboxylic acids is 3. The van der Waals surface area contributed by atoms with Crippen molar-refractivity contribution in [2.75, 3.05) is 32.6 Å². The Hall–Kier alpha value is -3.61. The normalized spacial score (nSPS) is 10.6. The zero-order valence-corrected chi connectivity index (χ0v) is 18.4. The molecule has 7 heteroatoms. The molecular weight excluding hydrogens is 394 g/mol. The van der Waals surface area contributed by atoms with Gasteiger partial charge in [0, 0.05) is 31.8 Å². The maximum atomic E-state index is 12.2. The summed E-state index contributed by atoms with van der Waals surface area (Å²) in [6, 6.07) is 13.1. The van der Waals surface area contributed by atoms with Crippen LogP contribution in [-0.4, -0.2) is 49.9 Å². The average Bonchev–Trinajstić information content (AvgIpc) is 2.75. The summed E-state index contributed by atoms with van der Waals surface area (Å²) < 4.78 is 5.09.